The average Bonchev–Trinajstić information content (AvgIpc) is 2.28. The van der Waals surface area contributed by atoms with Gasteiger partial charge in [-0.1, -0.05) is 13.3 Å². The molecule has 1 N–H and O–H groups in total. The molecule has 0 heterocycles. The first-order chi connectivity index (χ1) is 7.74. The van der Waals surface area contributed by atoms with Gasteiger partial charge in [0, 0.05) is 13.2 Å². The van der Waals surface area contributed by atoms with E-state index in [9.17, 15) is 8.78 Å². The van der Waals surface area contributed by atoms with Gasteiger partial charge < -0.3 is 10.1 Å². The summed E-state index contributed by atoms with van der Waals surface area (Å²) in [6.45, 7) is 3.77. The summed E-state index contributed by atoms with van der Waals surface area (Å²) in [6.07, 6.45) is 2.11. The molecule has 0 unspecified atom stereocenters. The SMILES string of the molecule is CCCCOCCNc1cc(F)ccc1F. The molecule has 0 bridgehead atoms. The summed E-state index contributed by atoms with van der Waals surface area (Å²) < 4.78 is 31.2. The third-order valence-corrected chi connectivity index (χ3v) is 2.13. The van der Waals surface area contributed by atoms with Crippen molar-refractivity contribution in [3.05, 3.63) is 29.8 Å². The van der Waals surface area contributed by atoms with E-state index in [1.165, 1.54) is 0 Å². The van der Waals surface area contributed by atoms with E-state index in [2.05, 4.69) is 12.2 Å². The minimum absolute atomic E-state index is 0.180. The average molecular weight is 229 g/mol. The topological polar surface area (TPSA) is 21.3 Å². The zero-order chi connectivity index (χ0) is 11.8. The van der Waals surface area contributed by atoms with Crippen molar-refractivity contribution in [1.29, 1.82) is 0 Å². The number of nitrogens with one attached hydrogen (secondary N) is 1. The molecule has 0 saturated heterocycles. The van der Waals surface area contributed by atoms with Gasteiger partial charge in [0.1, 0.15) is 11.6 Å². The maximum atomic E-state index is 13.1. The van der Waals surface area contributed by atoms with E-state index in [1.807, 2.05) is 0 Å². The van der Waals surface area contributed by atoms with E-state index >= 15 is 0 Å². The van der Waals surface area contributed by atoms with Gasteiger partial charge in [-0.05, 0) is 24.6 Å². The van der Waals surface area contributed by atoms with Crippen LogP contribution in [0.25, 0.3) is 0 Å². The van der Waals surface area contributed by atoms with Crippen molar-refractivity contribution in [3.63, 3.8) is 0 Å². The van der Waals surface area contributed by atoms with E-state index < -0.39 is 11.6 Å². The molecule has 0 amide bonds. The molecular weight excluding hydrogens is 212 g/mol. The van der Waals surface area contributed by atoms with E-state index in [1.54, 1.807) is 0 Å². The Morgan fingerprint density at radius 3 is 2.81 bits per heavy atom. The zero-order valence-corrected chi connectivity index (χ0v) is 9.43. The molecule has 0 spiro atoms. The van der Waals surface area contributed by atoms with Crippen molar-refractivity contribution >= 4 is 5.69 Å². The number of rotatable bonds is 7. The van der Waals surface area contributed by atoms with Crippen molar-refractivity contribution in [2.24, 2.45) is 0 Å². The van der Waals surface area contributed by atoms with E-state index in [-0.39, 0.29) is 5.69 Å². The van der Waals surface area contributed by atoms with Crippen molar-refractivity contribution in [3.8, 4) is 0 Å². The van der Waals surface area contributed by atoms with Crippen LogP contribution in [0.2, 0.25) is 0 Å². The third-order valence-electron chi connectivity index (χ3n) is 2.13. The maximum absolute atomic E-state index is 13.1. The first kappa shape index (κ1) is 12.9. The Morgan fingerprint density at radius 2 is 2.06 bits per heavy atom. The van der Waals surface area contributed by atoms with Gasteiger partial charge in [-0.2, -0.15) is 0 Å². The number of halogens is 2. The van der Waals surface area contributed by atoms with Crippen LogP contribution in [0.5, 0.6) is 0 Å². The van der Waals surface area contributed by atoms with Gasteiger partial charge in [0.25, 0.3) is 0 Å². The second kappa shape index (κ2) is 7.17. The van der Waals surface area contributed by atoms with Gasteiger partial charge >= 0.3 is 0 Å². The molecule has 4 heteroatoms. The molecule has 0 fully saturated rings. The Morgan fingerprint density at radius 1 is 1.25 bits per heavy atom. The number of hydrogen-bond acceptors (Lipinski definition) is 2. The molecule has 1 aromatic rings. The number of benzene rings is 1. The van der Waals surface area contributed by atoms with E-state index in [0.717, 1.165) is 31.0 Å². The van der Waals surface area contributed by atoms with Crippen LogP contribution in [0.3, 0.4) is 0 Å². The lowest BCUT2D eigenvalue weighted by Gasteiger charge is -2.08. The molecule has 0 aliphatic carbocycles. The van der Waals surface area contributed by atoms with Crippen molar-refractivity contribution in [1.82, 2.24) is 0 Å². The van der Waals surface area contributed by atoms with Crippen LogP contribution in [0.15, 0.2) is 18.2 Å². The minimum Gasteiger partial charge on any atom is -0.380 e. The second-order valence-corrected chi connectivity index (χ2v) is 3.52. The highest BCUT2D eigenvalue weighted by atomic mass is 19.1. The molecular formula is C12H17F2NO. The molecule has 0 aromatic heterocycles. The Bertz CT molecular complexity index is 318. The van der Waals surface area contributed by atoms with Gasteiger partial charge in [-0.3, -0.25) is 0 Å². The molecule has 16 heavy (non-hydrogen) atoms. The normalized spacial score (nSPS) is 10.4. The first-order valence-corrected chi connectivity index (χ1v) is 5.50. The second-order valence-electron chi connectivity index (χ2n) is 3.52. The van der Waals surface area contributed by atoms with Crippen LogP contribution in [-0.2, 0) is 4.74 Å². The third kappa shape index (κ3) is 4.57. The fraction of sp³-hybridized carbons (Fsp3) is 0.500. The van der Waals surface area contributed by atoms with Crippen LogP contribution in [0.1, 0.15) is 19.8 Å². The Labute approximate surface area is 94.6 Å². The monoisotopic (exact) mass is 229 g/mol. The van der Waals surface area contributed by atoms with Gasteiger partial charge in [0.05, 0.1) is 12.3 Å². The molecule has 0 radical (unpaired) electrons. The lowest BCUT2D eigenvalue weighted by molar-refractivity contribution is 0.141. The molecule has 0 aliphatic heterocycles. The summed E-state index contributed by atoms with van der Waals surface area (Å²) in [6, 6.07) is 3.34. The Kier molecular flexibility index (Phi) is 5.78. The number of unbranched alkanes of at least 4 members (excludes halogenated alkanes) is 1. The molecule has 0 aliphatic rings. The smallest absolute Gasteiger partial charge is 0.146 e. The van der Waals surface area contributed by atoms with Gasteiger partial charge in [-0.25, -0.2) is 8.78 Å². The van der Waals surface area contributed by atoms with E-state index in [4.69, 9.17) is 4.74 Å². The predicted octanol–water partition coefficient (Wildman–Crippen LogP) is 3.19. The van der Waals surface area contributed by atoms with Gasteiger partial charge in [-0.15, -0.1) is 0 Å². The van der Waals surface area contributed by atoms with Crippen LogP contribution < -0.4 is 5.32 Å². The lowest BCUT2D eigenvalue weighted by Crippen LogP contribution is -2.11. The molecule has 1 rings (SSSR count). The van der Waals surface area contributed by atoms with Crippen molar-refractivity contribution in [2.75, 3.05) is 25.1 Å². The maximum Gasteiger partial charge on any atom is 0.146 e. The highest BCUT2D eigenvalue weighted by Gasteiger charge is 2.02. The zero-order valence-electron chi connectivity index (χ0n) is 9.43. The van der Waals surface area contributed by atoms with E-state index in [0.29, 0.717) is 19.8 Å². The summed E-state index contributed by atoms with van der Waals surface area (Å²) in [4.78, 5) is 0. The Balaban J connectivity index is 2.23. The molecule has 0 saturated carbocycles. The van der Waals surface area contributed by atoms with Gasteiger partial charge in [0.15, 0.2) is 0 Å². The number of hydrogen-bond donors (Lipinski definition) is 1. The lowest BCUT2D eigenvalue weighted by atomic mass is 10.3. The van der Waals surface area contributed by atoms with Crippen LogP contribution in [0.4, 0.5) is 14.5 Å². The molecule has 1 aromatic carbocycles. The minimum atomic E-state index is -0.449. The highest BCUT2D eigenvalue weighted by Crippen LogP contribution is 2.14. The number of anilines is 1. The van der Waals surface area contributed by atoms with Crippen LogP contribution in [-0.4, -0.2) is 19.8 Å². The molecule has 2 nitrogen and oxygen atoms in total. The summed E-state index contributed by atoms with van der Waals surface area (Å²) in [7, 11) is 0. The molecule has 90 valence electrons. The number of ether oxygens (including phenoxy) is 1. The summed E-state index contributed by atoms with van der Waals surface area (Å²) >= 11 is 0. The van der Waals surface area contributed by atoms with Gasteiger partial charge in [0.2, 0.25) is 0 Å². The van der Waals surface area contributed by atoms with Crippen LogP contribution >= 0.6 is 0 Å². The standard InChI is InChI=1S/C12H17F2NO/c1-2-3-7-16-8-6-15-12-9-10(13)4-5-11(12)14/h4-5,9,15H,2-3,6-8H2,1H3. The Hall–Kier alpha value is -1.16. The fourth-order valence-corrected chi connectivity index (χ4v) is 1.24. The van der Waals surface area contributed by atoms with Crippen molar-refractivity contribution < 1.29 is 13.5 Å². The summed E-state index contributed by atoms with van der Waals surface area (Å²) in [5, 5.41) is 2.79. The quantitative estimate of drug-likeness (QED) is 0.725. The largest absolute Gasteiger partial charge is 0.380 e. The van der Waals surface area contributed by atoms with Crippen molar-refractivity contribution in [2.45, 2.75) is 19.8 Å². The summed E-state index contributed by atoms with van der Waals surface area (Å²) in [5.74, 6) is -0.897. The summed E-state index contributed by atoms with van der Waals surface area (Å²) in [5.41, 5.74) is 0.180. The first-order valence-electron chi connectivity index (χ1n) is 5.50. The fourth-order valence-electron chi connectivity index (χ4n) is 1.24. The highest BCUT2D eigenvalue weighted by molar-refractivity contribution is 5.44. The molecule has 0 atom stereocenters. The van der Waals surface area contributed by atoms with Crippen LogP contribution in [0, 0.1) is 11.6 Å². The predicted molar refractivity (Wildman–Crippen MR) is 60.6 cm³/mol.